The zero-order chi connectivity index (χ0) is 47.1. The Kier molecular flexibility index (Phi) is 14.6. The number of anilines is 2. The van der Waals surface area contributed by atoms with Crippen molar-refractivity contribution in [3.63, 3.8) is 0 Å². The van der Waals surface area contributed by atoms with Gasteiger partial charge in [0.15, 0.2) is 0 Å². The number of rotatable bonds is 21. The standard InChI is InChI=1S/C45H56N14O7/c1-7-58-34(17-26(3)54-58)42(62)52-44-50-32-19-28(40(46)60)21-36(64-6)38(32)56(44)13-9-10-14-57-39-33(51-45(57)53-43(63)35-18-27(4)55-59(35)8-2)20-29(41(47)61)22-37(39)66-16-12-11-15-65-31-23-30(24-48-5)49-25-31/h9-12,17-22,30-31,48-49H,7-8,13-16,23-25H2,1-6H3,(H2,46,60)(H2,47,61)(H,50,52,62)(H,51,53,63)/b10-9+,12-11+. The molecule has 0 saturated carbocycles. The molecule has 348 valence electrons. The Hall–Kier alpha value is -7.36. The molecule has 0 radical (unpaired) electrons. The van der Waals surface area contributed by atoms with Gasteiger partial charge in [-0.05, 0) is 83.6 Å². The number of amides is 4. The molecule has 1 aliphatic rings. The predicted molar refractivity (Wildman–Crippen MR) is 248 cm³/mol. The second-order valence-corrected chi connectivity index (χ2v) is 15.7. The van der Waals surface area contributed by atoms with Gasteiger partial charge in [0.1, 0.15) is 40.5 Å². The second-order valence-electron chi connectivity index (χ2n) is 15.7. The maximum absolute atomic E-state index is 13.9. The molecular weight excluding hydrogens is 849 g/mol. The molecule has 1 saturated heterocycles. The van der Waals surface area contributed by atoms with Crippen LogP contribution >= 0.6 is 0 Å². The molecule has 66 heavy (non-hydrogen) atoms. The van der Waals surface area contributed by atoms with Gasteiger partial charge in [-0.15, -0.1) is 0 Å². The molecule has 1 aliphatic heterocycles. The van der Waals surface area contributed by atoms with E-state index in [2.05, 4.69) is 31.5 Å². The number of hydrogen-bond acceptors (Lipinski definition) is 13. The van der Waals surface area contributed by atoms with E-state index in [-0.39, 0.29) is 48.8 Å². The Balaban J connectivity index is 1.22. The highest BCUT2D eigenvalue weighted by Gasteiger charge is 2.25. The number of likely N-dealkylation sites (N-methyl/N-ethyl adjacent to an activating group) is 1. The van der Waals surface area contributed by atoms with Crippen LogP contribution in [0.2, 0.25) is 0 Å². The lowest BCUT2D eigenvalue weighted by Gasteiger charge is -2.13. The van der Waals surface area contributed by atoms with Gasteiger partial charge in [0.25, 0.3) is 11.8 Å². The lowest BCUT2D eigenvalue weighted by molar-refractivity contribution is 0.0873. The number of aryl methyl sites for hydroxylation is 4. The number of carbonyl (C=O) groups excluding carboxylic acids is 4. The fraction of sp³-hybridized carbons (Fsp3) is 0.378. The summed E-state index contributed by atoms with van der Waals surface area (Å²) in [5, 5.41) is 21.3. The van der Waals surface area contributed by atoms with Crippen molar-refractivity contribution in [1.82, 2.24) is 49.3 Å². The van der Waals surface area contributed by atoms with Crippen molar-refractivity contribution in [2.24, 2.45) is 11.5 Å². The molecule has 4 aromatic heterocycles. The summed E-state index contributed by atoms with van der Waals surface area (Å²) < 4.78 is 24.7. The van der Waals surface area contributed by atoms with Crippen molar-refractivity contribution in [3.8, 4) is 11.5 Å². The first-order chi connectivity index (χ1) is 31.8. The quantitative estimate of drug-likeness (QED) is 0.0567. The van der Waals surface area contributed by atoms with E-state index < -0.39 is 23.6 Å². The van der Waals surface area contributed by atoms with Crippen LogP contribution in [-0.4, -0.2) is 115 Å². The first-order valence-corrected chi connectivity index (χ1v) is 21.7. The van der Waals surface area contributed by atoms with E-state index in [4.69, 9.17) is 35.6 Å². The maximum Gasteiger partial charge on any atom is 0.276 e. The third kappa shape index (κ3) is 10.3. The van der Waals surface area contributed by atoms with Crippen molar-refractivity contribution in [3.05, 3.63) is 94.6 Å². The number of nitrogens with one attached hydrogen (secondary N) is 4. The van der Waals surface area contributed by atoms with Gasteiger partial charge in [0.05, 0.1) is 42.2 Å². The number of aromatic nitrogens is 8. The number of imidazole rings is 2. The molecule has 2 aromatic carbocycles. The van der Waals surface area contributed by atoms with Gasteiger partial charge in [-0.3, -0.25) is 39.2 Å². The summed E-state index contributed by atoms with van der Waals surface area (Å²) in [4.78, 5) is 61.9. The molecule has 2 unspecified atom stereocenters. The van der Waals surface area contributed by atoms with Gasteiger partial charge in [-0.25, -0.2) is 9.97 Å². The fourth-order valence-corrected chi connectivity index (χ4v) is 7.96. The summed E-state index contributed by atoms with van der Waals surface area (Å²) in [6.07, 6.45) is 8.41. The van der Waals surface area contributed by atoms with Crippen LogP contribution in [-0.2, 0) is 30.9 Å². The number of ether oxygens (including phenoxy) is 3. The summed E-state index contributed by atoms with van der Waals surface area (Å²) in [5.41, 5.74) is 15.5. The molecule has 21 heteroatoms. The molecule has 4 amide bonds. The Labute approximate surface area is 380 Å². The SMILES string of the molecule is CCn1nc(C)cc1C(=O)Nc1nc2cc(C(N)=O)cc(OC)c2n1C/C=C/Cn1c(NC(=O)c2cc(C)nn2CC)nc2cc(C(N)=O)cc(OC/C=C/COC3CNC(CNC)C3)c21. The van der Waals surface area contributed by atoms with Crippen LogP contribution in [0.3, 0.4) is 0 Å². The molecular formula is C45H56N14O7. The number of allylic oxidation sites excluding steroid dienone is 2. The Morgan fingerprint density at radius 3 is 1.77 bits per heavy atom. The molecule has 7 rings (SSSR count). The average molecular weight is 905 g/mol. The fourth-order valence-electron chi connectivity index (χ4n) is 7.96. The van der Waals surface area contributed by atoms with E-state index >= 15 is 0 Å². The van der Waals surface area contributed by atoms with Crippen molar-refractivity contribution >= 4 is 57.6 Å². The lowest BCUT2D eigenvalue weighted by atomic mass is 10.1. The number of methoxy groups -OCH3 is 1. The van der Waals surface area contributed by atoms with E-state index in [0.717, 1.165) is 19.5 Å². The number of hydrogen-bond donors (Lipinski definition) is 6. The van der Waals surface area contributed by atoms with Crippen LogP contribution in [0, 0.1) is 13.8 Å². The smallest absolute Gasteiger partial charge is 0.276 e. The third-order valence-electron chi connectivity index (χ3n) is 11.0. The topological polar surface area (TPSA) is 267 Å². The molecule has 2 atom stereocenters. The number of nitrogens with two attached hydrogens (primary N) is 2. The summed E-state index contributed by atoms with van der Waals surface area (Å²) in [7, 11) is 3.39. The molecule has 6 aromatic rings. The third-order valence-corrected chi connectivity index (χ3v) is 11.0. The largest absolute Gasteiger partial charge is 0.494 e. The number of nitrogens with zero attached hydrogens (tertiary/aromatic N) is 8. The number of benzene rings is 2. The van der Waals surface area contributed by atoms with Gasteiger partial charge < -0.3 is 45.4 Å². The predicted octanol–water partition coefficient (Wildman–Crippen LogP) is 3.30. The van der Waals surface area contributed by atoms with Crippen LogP contribution in [0.1, 0.15) is 73.3 Å². The summed E-state index contributed by atoms with van der Waals surface area (Å²) in [5.74, 6) is -1.27. The molecule has 0 bridgehead atoms. The van der Waals surface area contributed by atoms with Crippen LogP contribution in [0.5, 0.6) is 11.5 Å². The van der Waals surface area contributed by atoms with Crippen molar-refractivity contribution < 1.29 is 33.4 Å². The second kappa shape index (κ2) is 20.6. The van der Waals surface area contributed by atoms with E-state index in [1.165, 1.54) is 19.2 Å². The van der Waals surface area contributed by atoms with Crippen LogP contribution in [0.15, 0.2) is 60.7 Å². The molecule has 8 N–H and O–H groups in total. The Morgan fingerprint density at radius 2 is 1.27 bits per heavy atom. The van der Waals surface area contributed by atoms with Crippen molar-refractivity contribution in [1.29, 1.82) is 0 Å². The van der Waals surface area contributed by atoms with E-state index in [9.17, 15) is 19.2 Å². The van der Waals surface area contributed by atoms with E-state index in [1.54, 1.807) is 56.6 Å². The van der Waals surface area contributed by atoms with Crippen molar-refractivity contribution in [2.45, 2.75) is 72.4 Å². The van der Waals surface area contributed by atoms with Gasteiger partial charge in [-0.2, -0.15) is 10.2 Å². The normalized spacial score (nSPS) is 15.1. The first-order valence-electron chi connectivity index (χ1n) is 21.7. The molecule has 5 heterocycles. The number of carbonyl (C=O) groups is 4. The zero-order valence-corrected chi connectivity index (χ0v) is 37.9. The molecule has 0 spiro atoms. The Bertz CT molecular complexity index is 2830. The summed E-state index contributed by atoms with van der Waals surface area (Å²) in [6, 6.07) is 9.89. The first kappa shape index (κ1) is 46.6. The van der Waals surface area contributed by atoms with Gasteiger partial charge >= 0.3 is 0 Å². The maximum atomic E-state index is 13.9. The highest BCUT2D eigenvalue weighted by atomic mass is 16.5. The minimum Gasteiger partial charge on any atom is -0.494 e. The minimum atomic E-state index is -0.682. The molecule has 21 nitrogen and oxygen atoms in total. The van der Waals surface area contributed by atoms with Gasteiger partial charge in [0.2, 0.25) is 23.7 Å². The van der Waals surface area contributed by atoms with Crippen LogP contribution in [0.25, 0.3) is 22.1 Å². The number of fused-ring (bicyclic) bond motifs is 2. The number of primary amides is 2. The van der Waals surface area contributed by atoms with Crippen molar-refractivity contribution in [2.75, 3.05) is 51.1 Å². The average Bonchev–Trinajstić information content (AvgIpc) is 4.13. The van der Waals surface area contributed by atoms with E-state index in [0.29, 0.717) is 82.1 Å². The van der Waals surface area contributed by atoms with E-state index in [1.807, 2.05) is 45.2 Å². The molecule has 1 fully saturated rings. The summed E-state index contributed by atoms with van der Waals surface area (Å²) in [6.45, 7) is 10.8. The zero-order valence-electron chi connectivity index (χ0n) is 37.9. The molecule has 0 aliphatic carbocycles. The van der Waals surface area contributed by atoms with Gasteiger partial charge in [0, 0.05) is 56.4 Å². The highest BCUT2D eigenvalue weighted by Crippen LogP contribution is 2.33. The monoisotopic (exact) mass is 904 g/mol. The Morgan fingerprint density at radius 1 is 0.758 bits per heavy atom. The lowest BCUT2D eigenvalue weighted by Crippen LogP contribution is -2.31. The minimum absolute atomic E-state index is 0.104. The summed E-state index contributed by atoms with van der Waals surface area (Å²) >= 11 is 0. The van der Waals surface area contributed by atoms with Gasteiger partial charge in [-0.1, -0.05) is 18.2 Å². The van der Waals surface area contributed by atoms with Crippen LogP contribution < -0.4 is 42.2 Å². The van der Waals surface area contributed by atoms with Crippen LogP contribution in [0.4, 0.5) is 11.9 Å². The highest BCUT2D eigenvalue weighted by molar-refractivity contribution is 6.05.